The van der Waals surface area contributed by atoms with Crippen molar-refractivity contribution in [3.63, 3.8) is 0 Å². The van der Waals surface area contributed by atoms with Crippen molar-refractivity contribution in [3.8, 4) is 0 Å². The Morgan fingerprint density at radius 2 is 1.74 bits per heavy atom. The third-order valence-electron chi connectivity index (χ3n) is 6.99. The van der Waals surface area contributed by atoms with Gasteiger partial charge >= 0.3 is 12.2 Å². The van der Waals surface area contributed by atoms with Crippen LogP contribution in [0, 0.1) is 0 Å². The van der Waals surface area contributed by atoms with E-state index in [9.17, 15) is 32.3 Å². The van der Waals surface area contributed by atoms with Crippen molar-refractivity contribution in [1.29, 1.82) is 0 Å². The first kappa shape index (κ1) is 27.7. The van der Waals surface area contributed by atoms with Crippen LogP contribution in [0.25, 0.3) is 0 Å². The number of hydrogen-bond donors (Lipinski definition) is 2. The highest BCUT2D eigenvalue weighted by Crippen LogP contribution is 2.43. The number of hydrogen-bond acceptors (Lipinski definition) is 4. The van der Waals surface area contributed by atoms with Crippen molar-refractivity contribution in [3.05, 3.63) is 65.2 Å². The molecule has 1 aliphatic carbocycles. The number of carbonyl (C=O) groups excluding carboxylic acids is 4. The molecule has 0 radical (unpaired) electrons. The topological polar surface area (TPSA) is 98.8 Å². The Kier molecular flexibility index (Phi) is 7.13. The molecule has 2 aliphatic rings. The van der Waals surface area contributed by atoms with Gasteiger partial charge in [-0.25, -0.2) is 4.79 Å². The van der Waals surface area contributed by atoms with Gasteiger partial charge in [0.15, 0.2) is 0 Å². The molecule has 4 rings (SSSR count). The van der Waals surface area contributed by atoms with Gasteiger partial charge in [-0.1, -0.05) is 59.6 Å². The van der Waals surface area contributed by atoms with Crippen LogP contribution in [0.15, 0.2) is 48.5 Å². The molecule has 202 valence electrons. The minimum atomic E-state index is -5.28. The molecule has 2 aromatic rings. The van der Waals surface area contributed by atoms with Crippen molar-refractivity contribution in [2.45, 2.75) is 41.9 Å². The number of nitrogens with one attached hydrogen (secondary N) is 2. The zero-order valence-corrected chi connectivity index (χ0v) is 21.7. The maximum absolute atomic E-state index is 13.5. The molecule has 1 fully saturated rings. The summed E-state index contributed by atoms with van der Waals surface area (Å²) in [5.41, 5.74) is 1.25. The van der Waals surface area contributed by atoms with Crippen LogP contribution in [0.2, 0.25) is 0 Å². The van der Waals surface area contributed by atoms with E-state index in [1.165, 1.54) is 18.9 Å². The highest BCUT2D eigenvalue weighted by Gasteiger charge is 2.60. The van der Waals surface area contributed by atoms with Crippen LogP contribution in [0.3, 0.4) is 0 Å². The molecular formula is C25H23Cl2F3N4O4. The van der Waals surface area contributed by atoms with Crippen molar-refractivity contribution in [2.75, 3.05) is 18.9 Å². The number of halogens is 5. The normalized spacial score (nSPS) is 19.8. The number of benzene rings is 2. The molecule has 0 unspecified atom stereocenters. The number of likely N-dealkylation sites (N-methyl/N-ethyl adjacent to an activating group) is 1. The van der Waals surface area contributed by atoms with Gasteiger partial charge in [0, 0.05) is 25.6 Å². The minimum Gasteiger partial charge on any atom is -0.325 e. The predicted octanol–water partition coefficient (Wildman–Crippen LogP) is 3.97. The number of carbonyl (C=O) groups is 4. The number of anilines is 1. The van der Waals surface area contributed by atoms with E-state index in [1.807, 2.05) is 0 Å². The third kappa shape index (κ3) is 4.80. The Morgan fingerprint density at radius 3 is 2.32 bits per heavy atom. The summed E-state index contributed by atoms with van der Waals surface area (Å²) in [4.78, 5) is 52.3. The molecular weight excluding hydrogens is 548 g/mol. The molecule has 13 heteroatoms. The van der Waals surface area contributed by atoms with Crippen LogP contribution < -0.4 is 10.6 Å². The third-order valence-corrected chi connectivity index (χ3v) is 7.75. The second-order valence-electron chi connectivity index (χ2n) is 9.33. The number of rotatable bonds is 6. The molecule has 38 heavy (non-hydrogen) atoms. The smallest absolute Gasteiger partial charge is 0.325 e. The first-order chi connectivity index (χ1) is 17.7. The number of imide groups is 1. The molecule has 2 aromatic carbocycles. The van der Waals surface area contributed by atoms with Gasteiger partial charge < -0.3 is 15.1 Å². The van der Waals surface area contributed by atoms with Crippen LogP contribution in [0.4, 0.5) is 23.7 Å². The van der Waals surface area contributed by atoms with E-state index in [0.717, 1.165) is 11.1 Å². The van der Waals surface area contributed by atoms with Gasteiger partial charge in [0.2, 0.25) is 5.91 Å². The molecule has 0 aromatic heterocycles. The van der Waals surface area contributed by atoms with Crippen molar-refractivity contribution >= 4 is 52.6 Å². The molecule has 0 bridgehead atoms. The number of urea groups is 1. The van der Waals surface area contributed by atoms with Crippen molar-refractivity contribution in [2.24, 2.45) is 0 Å². The van der Waals surface area contributed by atoms with Gasteiger partial charge in [0.25, 0.3) is 16.1 Å². The molecule has 2 N–H and O–H groups in total. The van der Waals surface area contributed by atoms with Gasteiger partial charge in [-0.2, -0.15) is 13.2 Å². The predicted molar refractivity (Wildman–Crippen MR) is 134 cm³/mol. The fraction of sp³-hybridized carbons (Fsp3) is 0.360. The van der Waals surface area contributed by atoms with Crippen LogP contribution in [-0.2, 0) is 27.2 Å². The van der Waals surface area contributed by atoms with Crippen molar-refractivity contribution in [1.82, 2.24) is 15.1 Å². The highest BCUT2D eigenvalue weighted by atomic mass is 35.5. The number of fused-ring (bicyclic) bond motifs is 1. The van der Waals surface area contributed by atoms with Gasteiger partial charge in [-0.05, 0) is 35.7 Å². The Balaban J connectivity index is 1.54. The minimum absolute atomic E-state index is 0.225. The lowest BCUT2D eigenvalue weighted by Gasteiger charge is -2.34. The number of nitrogens with zero attached hydrogens (tertiary/aromatic N) is 2. The van der Waals surface area contributed by atoms with E-state index >= 15 is 0 Å². The lowest BCUT2D eigenvalue weighted by atomic mass is 9.95. The quantitative estimate of drug-likeness (QED) is 0.405. The lowest BCUT2D eigenvalue weighted by molar-refractivity contribution is -0.168. The van der Waals surface area contributed by atoms with Gasteiger partial charge in [0.1, 0.15) is 12.1 Å². The molecule has 1 heterocycles. The first-order valence-electron chi connectivity index (χ1n) is 11.5. The molecule has 0 saturated carbocycles. The molecule has 1 spiro atoms. The maximum atomic E-state index is 13.5. The summed E-state index contributed by atoms with van der Waals surface area (Å²) in [5.74, 6) is -2.88. The first-order valence-corrected chi connectivity index (χ1v) is 12.2. The summed E-state index contributed by atoms with van der Waals surface area (Å²) < 4.78 is 36.6. The number of alkyl halides is 5. The Labute approximate surface area is 226 Å². The molecule has 8 nitrogen and oxygen atoms in total. The number of amides is 5. The van der Waals surface area contributed by atoms with E-state index in [0.29, 0.717) is 22.6 Å². The van der Waals surface area contributed by atoms with E-state index < -0.39 is 52.4 Å². The fourth-order valence-electron chi connectivity index (χ4n) is 4.73. The summed E-state index contributed by atoms with van der Waals surface area (Å²) in [6.07, 6.45) is -4.76. The summed E-state index contributed by atoms with van der Waals surface area (Å²) in [6, 6.07) is 11.6. The summed E-state index contributed by atoms with van der Waals surface area (Å²) in [6.45, 7) is 0.687. The Hall–Kier alpha value is -3.31. The summed E-state index contributed by atoms with van der Waals surface area (Å²) in [5, 5.41) is 4.88. The zero-order valence-electron chi connectivity index (χ0n) is 20.2. The zero-order chi connectivity index (χ0) is 28.0. The molecule has 2 atom stereocenters. The van der Waals surface area contributed by atoms with Crippen molar-refractivity contribution < 1.29 is 32.3 Å². The molecule has 1 saturated heterocycles. The SMILES string of the molecule is C[C@H](c1ccccc1)N(CC(=O)Nc1ccc2c(c1)C[C@@]1(C2)C(=O)NC(=O)N1C)C(=O)C(Cl)(Cl)C(F)(F)F. The summed E-state index contributed by atoms with van der Waals surface area (Å²) in [7, 11) is 1.53. The monoisotopic (exact) mass is 570 g/mol. The van der Waals surface area contributed by atoms with E-state index in [2.05, 4.69) is 10.6 Å². The Bertz CT molecular complexity index is 1310. The van der Waals surface area contributed by atoms with E-state index in [4.69, 9.17) is 23.2 Å². The Morgan fingerprint density at radius 1 is 1.11 bits per heavy atom. The van der Waals surface area contributed by atoms with Gasteiger partial charge in [0.05, 0.1) is 6.04 Å². The van der Waals surface area contributed by atoms with Gasteiger partial charge in [-0.3, -0.25) is 19.7 Å². The van der Waals surface area contributed by atoms with Crippen LogP contribution in [0.1, 0.15) is 29.7 Å². The van der Waals surface area contributed by atoms with E-state index in [-0.39, 0.29) is 6.42 Å². The molecule has 5 amide bonds. The van der Waals surface area contributed by atoms with Crippen LogP contribution in [0.5, 0.6) is 0 Å². The van der Waals surface area contributed by atoms with Gasteiger partial charge in [-0.15, -0.1) is 0 Å². The van der Waals surface area contributed by atoms with Crippen LogP contribution in [-0.4, -0.2) is 63.2 Å². The standard InChI is InChI=1S/C25H23Cl2F3N4O4/c1-14(15-6-4-3-5-7-15)34(21(37)24(26,27)25(28,29)30)13-19(35)31-18-9-8-16-11-23(12-17(16)10-18)20(36)32-22(38)33(23)2/h3-10,14H,11-13H2,1-2H3,(H,31,35)(H,32,36,38)/t14-,23+/m1/s1. The average Bonchev–Trinajstić information content (AvgIpc) is 3.34. The average molecular weight is 571 g/mol. The second-order valence-corrected chi connectivity index (χ2v) is 10.7. The van der Waals surface area contributed by atoms with E-state index in [1.54, 1.807) is 48.5 Å². The second kappa shape index (κ2) is 9.77. The highest BCUT2D eigenvalue weighted by molar-refractivity contribution is 6.58. The maximum Gasteiger partial charge on any atom is 0.430 e. The lowest BCUT2D eigenvalue weighted by Crippen LogP contribution is -2.53. The largest absolute Gasteiger partial charge is 0.430 e. The molecule has 1 aliphatic heterocycles. The fourth-order valence-corrected chi connectivity index (χ4v) is 4.95. The van der Waals surface area contributed by atoms with Crippen LogP contribution >= 0.6 is 23.2 Å². The summed E-state index contributed by atoms with van der Waals surface area (Å²) >= 11 is 10.9.